The second kappa shape index (κ2) is 10.9. The molecule has 0 spiro atoms. The molecule has 0 saturated carbocycles. The van der Waals surface area contributed by atoms with E-state index in [1.807, 2.05) is 49.9 Å². The first-order chi connectivity index (χ1) is 17.2. The van der Waals surface area contributed by atoms with Crippen LogP contribution in [0.5, 0.6) is 0 Å². The summed E-state index contributed by atoms with van der Waals surface area (Å²) >= 11 is 0. The number of benzene rings is 1. The van der Waals surface area contributed by atoms with Gasteiger partial charge in [-0.2, -0.15) is 0 Å². The number of urea groups is 1. The number of nitrogens with zero attached hydrogens (tertiary/aromatic N) is 4. The normalized spacial score (nSPS) is 22.6. The van der Waals surface area contributed by atoms with Crippen LogP contribution in [0.2, 0.25) is 0 Å². The Hall–Kier alpha value is -3.10. The molecule has 3 aliphatic rings. The Morgan fingerprint density at radius 2 is 1.67 bits per heavy atom. The Morgan fingerprint density at radius 1 is 1.00 bits per heavy atom. The number of fused-ring (bicyclic) bond motifs is 1. The first-order valence-electron chi connectivity index (χ1n) is 13.1. The van der Waals surface area contributed by atoms with Crippen LogP contribution in [0.3, 0.4) is 0 Å². The Morgan fingerprint density at radius 3 is 2.28 bits per heavy atom. The molecule has 3 heterocycles. The molecule has 1 aromatic carbocycles. The molecule has 2 unspecified atom stereocenters. The molecule has 3 atom stereocenters. The second-order valence-electron chi connectivity index (χ2n) is 10.9. The van der Waals surface area contributed by atoms with E-state index < -0.39 is 12.1 Å². The number of rotatable bonds is 6. The van der Waals surface area contributed by atoms with Crippen molar-refractivity contribution in [3.8, 4) is 0 Å². The van der Waals surface area contributed by atoms with E-state index in [1.54, 1.807) is 21.9 Å². The number of carbonyl (C=O) groups excluding carboxylic acids is 4. The third-order valence-corrected chi connectivity index (χ3v) is 7.53. The molecule has 4 rings (SSSR count). The average molecular weight is 498 g/mol. The van der Waals surface area contributed by atoms with E-state index in [9.17, 15) is 19.2 Å². The summed E-state index contributed by atoms with van der Waals surface area (Å²) in [5.74, 6) is -0.472. The van der Waals surface area contributed by atoms with Crippen molar-refractivity contribution in [2.75, 3.05) is 45.2 Å². The average Bonchev–Trinajstić information content (AvgIpc) is 3.44. The molecule has 3 saturated heterocycles. The predicted octanol–water partition coefficient (Wildman–Crippen LogP) is 2.36. The van der Waals surface area contributed by atoms with Gasteiger partial charge in [-0.25, -0.2) is 4.79 Å². The van der Waals surface area contributed by atoms with Gasteiger partial charge >= 0.3 is 6.03 Å². The molecule has 3 fully saturated rings. The van der Waals surface area contributed by atoms with Gasteiger partial charge in [0.25, 0.3) is 5.91 Å². The van der Waals surface area contributed by atoms with Crippen molar-refractivity contribution in [1.82, 2.24) is 20.0 Å². The summed E-state index contributed by atoms with van der Waals surface area (Å²) in [5.41, 5.74) is 1.46. The number of Topliss-reactive ketones (excluding diaryl/α,β-unsaturated/α-hetero) is 1. The van der Waals surface area contributed by atoms with Gasteiger partial charge in [0.15, 0.2) is 5.78 Å². The van der Waals surface area contributed by atoms with Crippen molar-refractivity contribution in [1.29, 1.82) is 0 Å². The maximum Gasteiger partial charge on any atom is 0.320 e. The summed E-state index contributed by atoms with van der Waals surface area (Å²) < 4.78 is 0. The van der Waals surface area contributed by atoms with Crippen LogP contribution in [-0.4, -0.2) is 96.7 Å². The van der Waals surface area contributed by atoms with Gasteiger partial charge in [0.1, 0.15) is 12.1 Å². The van der Waals surface area contributed by atoms with Crippen LogP contribution in [0.25, 0.3) is 0 Å². The van der Waals surface area contributed by atoms with Crippen LogP contribution in [0.1, 0.15) is 56.3 Å². The maximum atomic E-state index is 13.7. The van der Waals surface area contributed by atoms with Crippen molar-refractivity contribution in [3.05, 3.63) is 29.8 Å². The number of hydrogen-bond donors (Lipinski definition) is 1. The Kier molecular flexibility index (Phi) is 7.85. The smallest absolute Gasteiger partial charge is 0.320 e. The molecule has 4 amide bonds. The standard InChI is InChI=1S/C27H39N5O4/c1-18(2)16-21(28-25(34)19-8-10-20(11-9-19)29(3)4)26(35)31-15-12-22-24(31)23(33)17-32(22)27(36)30-13-6-5-7-14-30/h8-11,18,21-22,24H,5-7,12-17H2,1-4H3,(H,28,34)/t21-,22?,24?/m0/s1. The zero-order chi connectivity index (χ0) is 26.0. The van der Waals surface area contributed by atoms with E-state index in [0.717, 1.165) is 38.0 Å². The van der Waals surface area contributed by atoms with Crippen LogP contribution >= 0.6 is 0 Å². The summed E-state index contributed by atoms with van der Waals surface area (Å²) in [6.45, 7) is 5.92. The van der Waals surface area contributed by atoms with Gasteiger partial charge in [0.2, 0.25) is 5.91 Å². The van der Waals surface area contributed by atoms with E-state index in [-0.39, 0.29) is 42.1 Å². The van der Waals surface area contributed by atoms with Gasteiger partial charge in [-0.1, -0.05) is 13.8 Å². The van der Waals surface area contributed by atoms with Gasteiger partial charge in [-0.15, -0.1) is 0 Å². The minimum Gasteiger partial charge on any atom is -0.378 e. The van der Waals surface area contributed by atoms with Gasteiger partial charge in [0, 0.05) is 45.0 Å². The van der Waals surface area contributed by atoms with Crippen molar-refractivity contribution in [2.45, 2.75) is 64.1 Å². The van der Waals surface area contributed by atoms with E-state index in [4.69, 9.17) is 0 Å². The number of carbonyl (C=O) groups is 4. The quantitative estimate of drug-likeness (QED) is 0.651. The van der Waals surface area contributed by atoms with Gasteiger partial charge < -0.3 is 24.9 Å². The molecule has 3 aliphatic heterocycles. The highest BCUT2D eigenvalue weighted by Crippen LogP contribution is 2.32. The fourth-order valence-corrected chi connectivity index (χ4v) is 5.64. The van der Waals surface area contributed by atoms with Crippen molar-refractivity contribution >= 4 is 29.3 Å². The molecule has 0 radical (unpaired) electrons. The van der Waals surface area contributed by atoms with Crippen LogP contribution in [0.4, 0.5) is 10.5 Å². The largest absolute Gasteiger partial charge is 0.378 e. The van der Waals surface area contributed by atoms with E-state index in [2.05, 4.69) is 5.32 Å². The van der Waals surface area contributed by atoms with Crippen molar-refractivity contribution in [2.24, 2.45) is 5.92 Å². The number of hydrogen-bond acceptors (Lipinski definition) is 5. The fraction of sp³-hybridized carbons (Fsp3) is 0.630. The fourth-order valence-electron chi connectivity index (χ4n) is 5.64. The molecular formula is C27H39N5O4. The maximum absolute atomic E-state index is 13.7. The molecule has 1 aromatic rings. The highest BCUT2D eigenvalue weighted by molar-refractivity contribution is 6.00. The van der Waals surface area contributed by atoms with Crippen LogP contribution < -0.4 is 10.2 Å². The lowest BCUT2D eigenvalue weighted by atomic mass is 10.0. The van der Waals surface area contributed by atoms with Gasteiger partial charge in [-0.05, 0) is 62.3 Å². The summed E-state index contributed by atoms with van der Waals surface area (Å²) in [6.07, 6.45) is 4.15. The number of likely N-dealkylation sites (tertiary alicyclic amines) is 3. The monoisotopic (exact) mass is 497 g/mol. The molecule has 0 aromatic heterocycles. The van der Waals surface area contributed by atoms with E-state index >= 15 is 0 Å². The minimum absolute atomic E-state index is 0.0495. The van der Waals surface area contributed by atoms with Gasteiger partial charge in [-0.3, -0.25) is 14.4 Å². The van der Waals surface area contributed by atoms with Crippen LogP contribution in [0, 0.1) is 5.92 Å². The Labute approximate surface area is 213 Å². The molecule has 1 N–H and O–H groups in total. The number of piperidine rings is 1. The lowest BCUT2D eigenvalue weighted by molar-refractivity contribution is -0.138. The number of ketones is 1. The molecule has 9 nitrogen and oxygen atoms in total. The zero-order valence-electron chi connectivity index (χ0n) is 21.9. The molecule has 36 heavy (non-hydrogen) atoms. The minimum atomic E-state index is -0.732. The lowest BCUT2D eigenvalue weighted by Gasteiger charge is -2.33. The Balaban J connectivity index is 1.46. The highest BCUT2D eigenvalue weighted by atomic mass is 16.2. The number of amides is 4. The lowest BCUT2D eigenvalue weighted by Crippen LogP contribution is -2.53. The SMILES string of the molecule is CC(C)C[C@H](NC(=O)c1ccc(N(C)C)cc1)C(=O)N1CCC2C1C(=O)CN2C(=O)N1CCCCC1. The van der Waals surface area contributed by atoms with Crippen LogP contribution in [-0.2, 0) is 9.59 Å². The molecule has 196 valence electrons. The summed E-state index contributed by atoms with van der Waals surface area (Å²) in [6, 6.07) is 5.50. The predicted molar refractivity (Wildman–Crippen MR) is 138 cm³/mol. The third kappa shape index (κ3) is 5.34. The number of nitrogens with one attached hydrogen (secondary N) is 1. The van der Waals surface area contributed by atoms with Crippen molar-refractivity contribution in [3.63, 3.8) is 0 Å². The summed E-state index contributed by atoms with van der Waals surface area (Å²) in [5, 5.41) is 2.93. The third-order valence-electron chi connectivity index (χ3n) is 7.53. The topological polar surface area (TPSA) is 93.3 Å². The Bertz CT molecular complexity index is 986. The summed E-state index contributed by atoms with van der Waals surface area (Å²) in [7, 11) is 3.86. The highest BCUT2D eigenvalue weighted by Gasteiger charge is 2.52. The summed E-state index contributed by atoms with van der Waals surface area (Å²) in [4.78, 5) is 60.0. The van der Waals surface area contributed by atoms with E-state index in [1.165, 1.54) is 0 Å². The van der Waals surface area contributed by atoms with Gasteiger partial charge in [0.05, 0.1) is 12.6 Å². The first-order valence-corrected chi connectivity index (χ1v) is 13.1. The number of anilines is 1. The molecular weight excluding hydrogens is 458 g/mol. The van der Waals surface area contributed by atoms with Crippen LogP contribution in [0.15, 0.2) is 24.3 Å². The molecule has 9 heteroatoms. The second-order valence-corrected chi connectivity index (χ2v) is 10.9. The molecule has 0 aliphatic carbocycles. The zero-order valence-corrected chi connectivity index (χ0v) is 21.9. The van der Waals surface area contributed by atoms with Crippen molar-refractivity contribution < 1.29 is 19.2 Å². The molecule has 0 bridgehead atoms. The first kappa shape index (κ1) is 26.0. The van der Waals surface area contributed by atoms with E-state index in [0.29, 0.717) is 24.9 Å².